The summed E-state index contributed by atoms with van der Waals surface area (Å²) in [6.45, 7) is 0. The van der Waals surface area contributed by atoms with Crippen LogP contribution in [0.25, 0.3) is 44.9 Å². The summed E-state index contributed by atoms with van der Waals surface area (Å²) in [6.07, 6.45) is 14.5. The highest BCUT2D eigenvalue weighted by molar-refractivity contribution is 5.81. The van der Waals surface area contributed by atoms with Crippen molar-refractivity contribution in [3.05, 3.63) is 207 Å². The van der Waals surface area contributed by atoms with Crippen LogP contribution in [0.1, 0.15) is 0 Å². The van der Waals surface area contributed by atoms with E-state index in [0.717, 1.165) is 79.0 Å². The van der Waals surface area contributed by atoms with E-state index in [9.17, 15) is 0 Å². The van der Waals surface area contributed by atoms with Crippen molar-refractivity contribution in [3.63, 3.8) is 0 Å². The van der Waals surface area contributed by atoms with Crippen molar-refractivity contribution in [2.75, 3.05) is 9.80 Å². The molecule has 7 nitrogen and oxygen atoms in total. The summed E-state index contributed by atoms with van der Waals surface area (Å²) in [5.41, 5.74) is 12.7. The van der Waals surface area contributed by atoms with E-state index in [-0.39, 0.29) is 0 Å². The van der Waals surface area contributed by atoms with Crippen molar-refractivity contribution < 1.29 is 4.42 Å². The van der Waals surface area contributed by atoms with Gasteiger partial charge < -0.3 is 14.2 Å². The predicted molar refractivity (Wildman–Crippen MR) is 221 cm³/mol. The van der Waals surface area contributed by atoms with Crippen molar-refractivity contribution in [1.29, 1.82) is 0 Å². The lowest BCUT2D eigenvalue weighted by Gasteiger charge is -2.25. The average molecular weight is 711 g/mol. The summed E-state index contributed by atoms with van der Waals surface area (Å²) in [6, 6.07) is 54.3. The third kappa shape index (κ3) is 7.10. The number of nitrogens with zero attached hydrogens (tertiary/aromatic N) is 6. The molecule has 0 saturated heterocycles. The SMILES string of the molecule is c1cc(-c2ccc(N(c3ccncc3)c3ccc(-c4ccc(-c5ccc(N(c6ccncc6)c6ccc(-c7ccncc7)cc6)cc5)o4)cc3)cc2)ccn1. The molecule has 0 aliphatic rings. The highest BCUT2D eigenvalue weighted by Crippen LogP contribution is 2.39. The van der Waals surface area contributed by atoms with Gasteiger partial charge in [-0.2, -0.15) is 0 Å². The zero-order chi connectivity index (χ0) is 36.8. The van der Waals surface area contributed by atoms with Gasteiger partial charge in [-0.15, -0.1) is 0 Å². The van der Waals surface area contributed by atoms with Crippen LogP contribution in [0.4, 0.5) is 34.1 Å². The average Bonchev–Trinajstić information content (AvgIpc) is 3.77. The molecule has 5 heterocycles. The second kappa shape index (κ2) is 15.1. The van der Waals surface area contributed by atoms with Crippen LogP contribution in [-0.4, -0.2) is 19.9 Å². The van der Waals surface area contributed by atoms with Crippen LogP contribution in [0.15, 0.2) is 212 Å². The fourth-order valence-electron chi connectivity index (χ4n) is 6.77. The van der Waals surface area contributed by atoms with Gasteiger partial charge in [0.05, 0.1) is 0 Å². The fraction of sp³-hybridized carbons (Fsp3) is 0. The molecule has 0 atom stereocenters. The Kier molecular flexibility index (Phi) is 9.15. The summed E-state index contributed by atoms with van der Waals surface area (Å²) in [7, 11) is 0. The smallest absolute Gasteiger partial charge is 0.134 e. The Labute approximate surface area is 319 Å². The fourth-order valence-corrected chi connectivity index (χ4v) is 6.77. The van der Waals surface area contributed by atoms with E-state index in [0.29, 0.717) is 0 Å². The van der Waals surface area contributed by atoms with Crippen LogP contribution in [0.5, 0.6) is 0 Å². The molecule has 0 radical (unpaired) electrons. The monoisotopic (exact) mass is 710 g/mol. The predicted octanol–water partition coefficient (Wildman–Crippen LogP) is 12.5. The molecule has 7 heteroatoms. The summed E-state index contributed by atoms with van der Waals surface area (Å²) < 4.78 is 6.45. The zero-order valence-corrected chi connectivity index (χ0v) is 29.7. The number of anilines is 6. The van der Waals surface area contributed by atoms with E-state index in [4.69, 9.17) is 4.42 Å². The number of rotatable bonds is 10. The van der Waals surface area contributed by atoms with Gasteiger partial charge in [0.15, 0.2) is 0 Å². The number of hydrogen-bond donors (Lipinski definition) is 0. The molecular formula is C48H34N6O. The second-order valence-corrected chi connectivity index (χ2v) is 12.9. The van der Waals surface area contributed by atoms with Crippen LogP contribution in [-0.2, 0) is 0 Å². The molecule has 0 saturated carbocycles. The summed E-state index contributed by atoms with van der Waals surface area (Å²) >= 11 is 0. The molecule has 262 valence electrons. The van der Waals surface area contributed by atoms with Gasteiger partial charge in [0.1, 0.15) is 11.5 Å². The molecule has 0 amide bonds. The van der Waals surface area contributed by atoms with E-state index >= 15 is 0 Å². The topological polar surface area (TPSA) is 71.2 Å². The van der Waals surface area contributed by atoms with Crippen molar-refractivity contribution in [2.24, 2.45) is 0 Å². The van der Waals surface area contributed by atoms with Crippen molar-refractivity contribution >= 4 is 34.1 Å². The van der Waals surface area contributed by atoms with E-state index in [1.165, 1.54) is 0 Å². The number of pyridine rings is 4. The van der Waals surface area contributed by atoms with Crippen molar-refractivity contribution in [2.45, 2.75) is 0 Å². The summed E-state index contributed by atoms with van der Waals surface area (Å²) in [4.78, 5) is 21.3. The molecule has 4 aromatic carbocycles. The summed E-state index contributed by atoms with van der Waals surface area (Å²) in [5, 5.41) is 0. The number of hydrogen-bond acceptors (Lipinski definition) is 7. The Morgan fingerprint density at radius 1 is 0.236 bits per heavy atom. The molecule has 55 heavy (non-hydrogen) atoms. The van der Waals surface area contributed by atoms with Crippen LogP contribution in [0.2, 0.25) is 0 Å². The van der Waals surface area contributed by atoms with Crippen LogP contribution in [0, 0.1) is 0 Å². The quantitative estimate of drug-likeness (QED) is 0.140. The first-order valence-electron chi connectivity index (χ1n) is 18.0. The summed E-state index contributed by atoms with van der Waals surface area (Å²) in [5.74, 6) is 1.60. The van der Waals surface area contributed by atoms with E-state index < -0.39 is 0 Å². The highest BCUT2D eigenvalue weighted by atomic mass is 16.3. The molecule has 0 aliphatic carbocycles. The normalized spacial score (nSPS) is 10.9. The van der Waals surface area contributed by atoms with Gasteiger partial charge in [-0.1, -0.05) is 24.3 Å². The molecule has 0 unspecified atom stereocenters. The minimum atomic E-state index is 0.801. The molecule has 0 bridgehead atoms. The minimum Gasteiger partial charge on any atom is -0.456 e. The van der Waals surface area contributed by atoms with E-state index in [2.05, 4.69) is 127 Å². The number of aromatic nitrogens is 4. The van der Waals surface area contributed by atoms with Gasteiger partial charge in [0.25, 0.3) is 0 Å². The van der Waals surface area contributed by atoms with E-state index in [1.807, 2.05) is 110 Å². The van der Waals surface area contributed by atoms with Crippen LogP contribution in [0.3, 0.4) is 0 Å². The maximum atomic E-state index is 6.45. The number of furan rings is 1. The maximum absolute atomic E-state index is 6.45. The largest absolute Gasteiger partial charge is 0.456 e. The third-order valence-electron chi connectivity index (χ3n) is 9.55. The standard InChI is InChI=1S/C48H34N6O/c1-9-41(10-2-35(1)37-19-27-49-28-20-37)53(45-23-31-51-32-24-45)43-13-5-39(6-14-43)47-17-18-48(55-47)40-7-15-44(16-8-40)54(46-25-33-52-34-26-46)42-11-3-36(4-12-42)38-21-29-50-30-22-38/h1-34H. The zero-order valence-electron chi connectivity index (χ0n) is 29.7. The Bertz CT molecular complexity index is 2410. The lowest BCUT2D eigenvalue weighted by Crippen LogP contribution is -2.09. The molecule has 0 spiro atoms. The van der Waals surface area contributed by atoms with Gasteiger partial charge in [-0.25, -0.2) is 0 Å². The lowest BCUT2D eigenvalue weighted by atomic mass is 10.1. The second-order valence-electron chi connectivity index (χ2n) is 12.9. The van der Waals surface area contributed by atoms with Gasteiger partial charge in [-0.05, 0) is 156 Å². The minimum absolute atomic E-state index is 0.801. The Hall–Kier alpha value is -7.64. The molecule has 0 fully saturated rings. The molecule has 5 aromatic heterocycles. The highest BCUT2D eigenvalue weighted by Gasteiger charge is 2.16. The Balaban J connectivity index is 0.962. The lowest BCUT2D eigenvalue weighted by molar-refractivity contribution is 0.597. The van der Waals surface area contributed by atoms with Gasteiger partial charge in [0.2, 0.25) is 0 Å². The van der Waals surface area contributed by atoms with Crippen molar-refractivity contribution in [3.8, 4) is 44.9 Å². The van der Waals surface area contributed by atoms with Crippen molar-refractivity contribution in [1.82, 2.24) is 19.9 Å². The first-order chi connectivity index (χ1) is 27.3. The third-order valence-corrected chi connectivity index (χ3v) is 9.55. The van der Waals surface area contributed by atoms with Gasteiger partial charge in [0, 0.05) is 94.8 Å². The first kappa shape index (κ1) is 33.2. The van der Waals surface area contributed by atoms with Gasteiger partial charge >= 0.3 is 0 Å². The molecular weight excluding hydrogens is 677 g/mol. The molecule has 0 aliphatic heterocycles. The maximum Gasteiger partial charge on any atom is 0.134 e. The van der Waals surface area contributed by atoms with E-state index in [1.54, 1.807) is 0 Å². The Morgan fingerprint density at radius 3 is 0.782 bits per heavy atom. The Morgan fingerprint density at radius 2 is 0.473 bits per heavy atom. The molecule has 9 rings (SSSR count). The van der Waals surface area contributed by atoms with Crippen LogP contribution < -0.4 is 9.80 Å². The van der Waals surface area contributed by atoms with Gasteiger partial charge in [-0.3, -0.25) is 19.9 Å². The van der Waals surface area contributed by atoms with Crippen LogP contribution >= 0.6 is 0 Å². The number of benzene rings is 4. The molecule has 0 N–H and O–H groups in total. The molecule has 9 aromatic rings. The first-order valence-corrected chi connectivity index (χ1v) is 18.0.